The first-order chi connectivity index (χ1) is 5.88. The Labute approximate surface area is 97.2 Å². The fourth-order valence-corrected chi connectivity index (χ4v) is 1.23. The first kappa shape index (κ1) is 10.5. The van der Waals surface area contributed by atoms with Crippen molar-refractivity contribution < 1.29 is 22.4 Å². The van der Waals surface area contributed by atoms with Crippen molar-refractivity contribution in [2.45, 2.75) is 0 Å². The molecule has 3 nitrogen and oxygen atoms in total. The zero-order valence-electron chi connectivity index (χ0n) is 6.55. The number of hydrogen-bond donors (Lipinski definition) is 1. The summed E-state index contributed by atoms with van der Waals surface area (Å²) in [7, 11) is 0. The second-order valence-electron chi connectivity index (χ2n) is 2.34. The molecule has 0 fully saturated rings. The molecular weight excluding hydrogens is 278 g/mol. The van der Waals surface area contributed by atoms with Gasteiger partial charge in [0.1, 0.15) is 6.33 Å². The van der Waals surface area contributed by atoms with E-state index in [0.717, 1.165) is 11.4 Å². The quantitative estimate of drug-likeness (QED) is 0.638. The molecule has 0 atom stereocenters. The van der Waals surface area contributed by atoms with Crippen LogP contribution in [0.4, 0.5) is 0 Å². The number of nitrogens with zero attached hydrogens (tertiary/aromatic N) is 3. The molecule has 13 heavy (non-hydrogen) atoms. The van der Waals surface area contributed by atoms with Crippen LogP contribution in [0.25, 0.3) is 11.4 Å². The van der Waals surface area contributed by atoms with Crippen molar-refractivity contribution in [2.24, 2.45) is 0 Å². The summed E-state index contributed by atoms with van der Waals surface area (Å²) in [6.45, 7) is 0. The Morgan fingerprint density at radius 3 is 2.38 bits per heavy atom. The Hall–Kier alpha value is -0.550. The molecule has 0 saturated heterocycles. The number of thiol groups is 1. The molecule has 2 rings (SSSR count). The molecule has 0 amide bonds. The minimum Gasteiger partial charge on any atom is -0.214 e. The summed E-state index contributed by atoms with van der Waals surface area (Å²) in [5.41, 5.74) is 1.02. The van der Waals surface area contributed by atoms with Crippen molar-refractivity contribution in [3.05, 3.63) is 36.7 Å². The van der Waals surface area contributed by atoms with Gasteiger partial charge in [0.25, 0.3) is 0 Å². The third-order valence-electron chi connectivity index (χ3n) is 1.56. The van der Waals surface area contributed by atoms with Crippen LogP contribution in [0.15, 0.2) is 36.7 Å². The summed E-state index contributed by atoms with van der Waals surface area (Å²) < 4.78 is 1.45. The molecule has 1 heterocycles. The van der Waals surface area contributed by atoms with Crippen LogP contribution < -0.4 is 0 Å². The molecule has 1 aromatic heterocycles. The molecule has 0 aliphatic carbocycles. The van der Waals surface area contributed by atoms with Crippen LogP contribution in [0.2, 0.25) is 0 Å². The third-order valence-corrected chi connectivity index (χ3v) is 1.86. The average Bonchev–Trinajstić information content (AvgIpc) is 2.53. The van der Waals surface area contributed by atoms with Gasteiger partial charge in [-0.2, -0.15) is 4.09 Å². The smallest absolute Gasteiger partial charge is 0.169 e. The molecular formula is C8H7AgN3S. The van der Waals surface area contributed by atoms with Gasteiger partial charge in [0.05, 0.1) is 0 Å². The fraction of sp³-hybridized carbons (Fsp3) is 0. The summed E-state index contributed by atoms with van der Waals surface area (Å²) in [6, 6.07) is 9.81. The molecule has 0 aliphatic rings. The van der Waals surface area contributed by atoms with Crippen molar-refractivity contribution in [2.75, 3.05) is 0 Å². The minimum absolute atomic E-state index is 0. The van der Waals surface area contributed by atoms with Gasteiger partial charge in [-0.15, -0.1) is 5.10 Å². The normalized spacial score (nSPS) is 9.31. The number of hydrogen-bond acceptors (Lipinski definition) is 3. The maximum absolute atomic E-state index is 4.10. The summed E-state index contributed by atoms with van der Waals surface area (Å²) in [4.78, 5) is 4.06. The monoisotopic (exact) mass is 284 g/mol. The maximum atomic E-state index is 4.10. The topological polar surface area (TPSA) is 30.7 Å². The largest absolute Gasteiger partial charge is 0.214 e. The van der Waals surface area contributed by atoms with Crippen LogP contribution in [-0.2, 0) is 22.4 Å². The van der Waals surface area contributed by atoms with Crippen molar-refractivity contribution in [3.8, 4) is 11.4 Å². The second-order valence-corrected chi connectivity index (χ2v) is 2.72. The van der Waals surface area contributed by atoms with Crippen LogP contribution in [0, 0.1) is 0 Å². The number of benzene rings is 1. The van der Waals surface area contributed by atoms with Crippen LogP contribution in [0.5, 0.6) is 0 Å². The Bertz CT molecular complexity index is 374. The van der Waals surface area contributed by atoms with Crippen molar-refractivity contribution in [3.63, 3.8) is 0 Å². The second kappa shape index (κ2) is 4.62. The van der Waals surface area contributed by atoms with Crippen LogP contribution in [0.1, 0.15) is 0 Å². The maximum Gasteiger partial charge on any atom is 0.169 e. The molecule has 71 valence electrons. The van der Waals surface area contributed by atoms with Gasteiger partial charge in [0.2, 0.25) is 0 Å². The van der Waals surface area contributed by atoms with Gasteiger partial charge in [-0.3, -0.25) is 0 Å². The van der Waals surface area contributed by atoms with Crippen LogP contribution in [-0.4, -0.2) is 14.2 Å². The van der Waals surface area contributed by atoms with E-state index in [4.69, 9.17) is 0 Å². The molecule has 1 radical (unpaired) electrons. The molecule has 0 N–H and O–H groups in total. The minimum atomic E-state index is 0. The zero-order chi connectivity index (χ0) is 8.39. The molecule has 2 aromatic rings. The molecule has 0 bridgehead atoms. The third kappa shape index (κ3) is 2.22. The molecule has 1 aromatic carbocycles. The average molecular weight is 285 g/mol. The van der Waals surface area contributed by atoms with E-state index < -0.39 is 0 Å². The molecule has 0 unspecified atom stereocenters. The Kier molecular flexibility index (Phi) is 3.74. The van der Waals surface area contributed by atoms with Gasteiger partial charge >= 0.3 is 0 Å². The summed E-state index contributed by atoms with van der Waals surface area (Å²) in [5, 5.41) is 3.86. The Balaban J connectivity index is 0.000000845. The Morgan fingerprint density at radius 2 is 1.85 bits per heavy atom. The first-order valence-electron chi connectivity index (χ1n) is 3.52. The predicted molar refractivity (Wildman–Crippen MR) is 49.8 cm³/mol. The van der Waals surface area contributed by atoms with E-state index in [2.05, 4.69) is 22.9 Å². The van der Waals surface area contributed by atoms with Crippen molar-refractivity contribution >= 4 is 12.8 Å². The van der Waals surface area contributed by atoms with Gasteiger partial charge < -0.3 is 0 Å². The molecule has 0 spiro atoms. The molecule has 0 aliphatic heterocycles. The molecule has 5 heteroatoms. The van der Waals surface area contributed by atoms with Crippen molar-refractivity contribution in [1.82, 2.24) is 14.2 Å². The molecule has 0 saturated carbocycles. The Morgan fingerprint density at radius 1 is 1.15 bits per heavy atom. The summed E-state index contributed by atoms with van der Waals surface area (Å²) in [6.07, 6.45) is 1.48. The summed E-state index contributed by atoms with van der Waals surface area (Å²) >= 11 is 4.10. The van der Waals surface area contributed by atoms with Gasteiger partial charge in [-0.25, -0.2) is 4.98 Å². The fourth-order valence-electron chi connectivity index (χ4n) is 1.01. The van der Waals surface area contributed by atoms with E-state index in [9.17, 15) is 0 Å². The first-order valence-corrected chi connectivity index (χ1v) is 3.92. The zero-order valence-corrected chi connectivity index (χ0v) is 8.93. The van der Waals surface area contributed by atoms with E-state index in [1.165, 1.54) is 10.4 Å². The number of rotatable bonds is 1. The van der Waals surface area contributed by atoms with E-state index in [0.29, 0.717) is 0 Å². The van der Waals surface area contributed by atoms with Gasteiger partial charge in [0, 0.05) is 27.9 Å². The number of aromatic nitrogens is 3. The summed E-state index contributed by atoms with van der Waals surface area (Å²) in [5.74, 6) is 0.763. The predicted octanol–water partition coefficient (Wildman–Crippen LogP) is 1.64. The van der Waals surface area contributed by atoms with Crippen LogP contribution >= 0.6 is 12.8 Å². The van der Waals surface area contributed by atoms with E-state index in [1.54, 1.807) is 0 Å². The van der Waals surface area contributed by atoms with Gasteiger partial charge in [-0.05, 0) is 12.8 Å². The SMILES string of the molecule is Sn1ncnc1-c1ccccc1.[Ag]. The van der Waals surface area contributed by atoms with Crippen molar-refractivity contribution in [1.29, 1.82) is 0 Å². The van der Waals surface area contributed by atoms with Gasteiger partial charge in [-0.1, -0.05) is 30.3 Å². The van der Waals surface area contributed by atoms with E-state index in [-0.39, 0.29) is 22.4 Å². The van der Waals surface area contributed by atoms with Gasteiger partial charge in [0.15, 0.2) is 5.82 Å². The van der Waals surface area contributed by atoms with E-state index >= 15 is 0 Å². The van der Waals surface area contributed by atoms with Crippen LogP contribution in [0.3, 0.4) is 0 Å². The standard InChI is InChI=1S/C8H7N3S.Ag/c12-11-8(9-6-10-11)7-4-2-1-3-5-7;/h1-6,12H;. The van der Waals surface area contributed by atoms with E-state index in [1.807, 2.05) is 30.3 Å².